The molecule has 0 spiro atoms. The summed E-state index contributed by atoms with van der Waals surface area (Å²) in [6.45, 7) is 4.18. The van der Waals surface area contributed by atoms with E-state index in [0.717, 1.165) is 8.66 Å². The smallest absolute Gasteiger partial charge is 0.276 e. The first kappa shape index (κ1) is 15.1. The van der Waals surface area contributed by atoms with Crippen LogP contribution in [-0.4, -0.2) is 38.9 Å². The van der Waals surface area contributed by atoms with Gasteiger partial charge in [-0.15, -0.1) is 16.4 Å². The van der Waals surface area contributed by atoms with Crippen LogP contribution in [0.15, 0.2) is 22.1 Å². The Morgan fingerprint density at radius 2 is 2.35 bits per heavy atom. The maximum atomic E-state index is 12.4. The van der Waals surface area contributed by atoms with Crippen LogP contribution in [0, 0.1) is 0 Å². The Labute approximate surface area is 129 Å². The van der Waals surface area contributed by atoms with E-state index < -0.39 is 0 Å². The SMILES string of the molecule is CCN(Cc1ccc(Br)s1)C(=O)c1cn(CCN)nn1. The first-order chi connectivity index (χ1) is 9.63. The van der Waals surface area contributed by atoms with E-state index in [1.54, 1.807) is 27.1 Å². The number of thiophene rings is 1. The van der Waals surface area contributed by atoms with Crippen molar-refractivity contribution in [1.82, 2.24) is 19.9 Å². The molecular weight excluding hydrogens is 342 g/mol. The van der Waals surface area contributed by atoms with E-state index >= 15 is 0 Å². The Kier molecular flexibility index (Phi) is 5.27. The van der Waals surface area contributed by atoms with E-state index in [2.05, 4.69) is 26.2 Å². The fourth-order valence-corrected chi connectivity index (χ4v) is 3.25. The molecule has 0 fully saturated rings. The molecule has 20 heavy (non-hydrogen) atoms. The molecule has 2 N–H and O–H groups in total. The minimum Gasteiger partial charge on any atom is -0.332 e. The standard InChI is InChI=1S/C12H16BrN5OS/c1-2-17(7-9-3-4-11(13)20-9)12(19)10-8-18(6-5-14)16-15-10/h3-4,8H,2,5-7,14H2,1H3. The lowest BCUT2D eigenvalue weighted by molar-refractivity contribution is 0.0748. The summed E-state index contributed by atoms with van der Waals surface area (Å²) in [5, 5.41) is 7.80. The second-order valence-electron chi connectivity index (χ2n) is 4.18. The van der Waals surface area contributed by atoms with Crippen molar-refractivity contribution in [3.05, 3.63) is 32.7 Å². The molecule has 8 heteroatoms. The Hall–Kier alpha value is -1.25. The number of hydrogen-bond donors (Lipinski definition) is 1. The summed E-state index contributed by atoms with van der Waals surface area (Å²) in [5.41, 5.74) is 5.81. The molecule has 1 amide bonds. The van der Waals surface area contributed by atoms with Crippen LogP contribution in [-0.2, 0) is 13.1 Å². The summed E-state index contributed by atoms with van der Waals surface area (Å²) in [6.07, 6.45) is 1.64. The van der Waals surface area contributed by atoms with Gasteiger partial charge in [-0.05, 0) is 35.0 Å². The molecule has 0 aliphatic rings. The number of aromatic nitrogens is 3. The van der Waals surface area contributed by atoms with Gasteiger partial charge < -0.3 is 10.6 Å². The highest BCUT2D eigenvalue weighted by atomic mass is 79.9. The average Bonchev–Trinajstić information content (AvgIpc) is 3.05. The molecule has 2 rings (SSSR count). The van der Waals surface area contributed by atoms with Crippen LogP contribution in [0.4, 0.5) is 0 Å². The van der Waals surface area contributed by atoms with E-state index in [-0.39, 0.29) is 5.91 Å². The highest BCUT2D eigenvalue weighted by Crippen LogP contribution is 2.23. The quantitative estimate of drug-likeness (QED) is 0.853. The Balaban J connectivity index is 2.07. The number of halogens is 1. The van der Waals surface area contributed by atoms with Crippen molar-refractivity contribution in [2.24, 2.45) is 5.73 Å². The average molecular weight is 358 g/mol. The van der Waals surface area contributed by atoms with Crippen molar-refractivity contribution in [2.75, 3.05) is 13.1 Å². The van der Waals surface area contributed by atoms with Gasteiger partial charge in [-0.3, -0.25) is 9.48 Å². The van der Waals surface area contributed by atoms with Gasteiger partial charge in [0.25, 0.3) is 5.91 Å². The fraction of sp³-hybridized carbons (Fsp3) is 0.417. The lowest BCUT2D eigenvalue weighted by Gasteiger charge is -2.18. The van der Waals surface area contributed by atoms with Gasteiger partial charge in [0.15, 0.2) is 5.69 Å². The predicted octanol–water partition coefficient (Wildman–Crippen LogP) is 1.72. The third-order valence-electron chi connectivity index (χ3n) is 2.76. The minimum absolute atomic E-state index is 0.111. The van der Waals surface area contributed by atoms with Crippen LogP contribution in [0.2, 0.25) is 0 Å². The lowest BCUT2D eigenvalue weighted by Crippen LogP contribution is -2.30. The monoisotopic (exact) mass is 357 g/mol. The van der Waals surface area contributed by atoms with Gasteiger partial charge >= 0.3 is 0 Å². The molecule has 0 aliphatic carbocycles. The number of hydrogen-bond acceptors (Lipinski definition) is 5. The molecule has 2 heterocycles. The summed E-state index contributed by atoms with van der Waals surface area (Å²) in [4.78, 5) is 15.2. The van der Waals surface area contributed by atoms with E-state index in [1.165, 1.54) is 0 Å². The predicted molar refractivity (Wildman–Crippen MR) is 81.5 cm³/mol. The number of rotatable bonds is 6. The third kappa shape index (κ3) is 3.65. The van der Waals surface area contributed by atoms with Crippen LogP contribution >= 0.6 is 27.3 Å². The van der Waals surface area contributed by atoms with E-state index in [1.807, 2.05) is 19.1 Å². The molecule has 0 radical (unpaired) electrons. The van der Waals surface area contributed by atoms with Gasteiger partial charge in [0.2, 0.25) is 0 Å². The lowest BCUT2D eigenvalue weighted by atomic mass is 10.3. The second-order valence-corrected chi connectivity index (χ2v) is 6.73. The highest BCUT2D eigenvalue weighted by molar-refractivity contribution is 9.11. The molecule has 6 nitrogen and oxygen atoms in total. The highest BCUT2D eigenvalue weighted by Gasteiger charge is 2.18. The molecule has 2 aromatic rings. The van der Waals surface area contributed by atoms with E-state index in [9.17, 15) is 4.79 Å². The molecule has 0 atom stereocenters. The van der Waals surface area contributed by atoms with E-state index in [4.69, 9.17) is 5.73 Å². The molecule has 108 valence electrons. The van der Waals surface area contributed by atoms with Crippen LogP contribution in [0.1, 0.15) is 22.3 Å². The number of carbonyl (C=O) groups excluding carboxylic acids is 1. The number of nitrogens with zero attached hydrogens (tertiary/aromatic N) is 4. The van der Waals surface area contributed by atoms with Crippen LogP contribution in [0.25, 0.3) is 0 Å². The van der Waals surface area contributed by atoms with Gasteiger partial charge in [0.1, 0.15) is 0 Å². The summed E-state index contributed by atoms with van der Waals surface area (Å²) in [7, 11) is 0. The van der Waals surface area contributed by atoms with Crippen LogP contribution in [0.5, 0.6) is 0 Å². The van der Waals surface area contributed by atoms with Gasteiger partial charge in [-0.1, -0.05) is 5.21 Å². The number of amides is 1. The topological polar surface area (TPSA) is 77.0 Å². The molecular formula is C12H16BrN5OS. The largest absolute Gasteiger partial charge is 0.332 e. The summed E-state index contributed by atoms with van der Waals surface area (Å²) < 4.78 is 2.65. The maximum Gasteiger partial charge on any atom is 0.276 e. The first-order valence-electron chi connectivity index (χ1n) is 6.27. The molecule has 0 aliphatic heterocycles. The molecule has 0 saturated heterocycles. The summed E-state index contributed by atoms with van der Waals surface area (Å²) >= 11 is 5.05. The van der Waals surface area contributed by atoms with Crippen molar-refractivity contribution >= 4 is 33.2 Å². The van der Waals surface area contributed by atoms with Crippen molar-refractivity contribution < 1.29 is 4.79 Å². The molecule has 0 bridgehead atoms. The molecule has 2 aromatic heterocycles. The minimum atomic E-state index is -0.111. The van der Waals surface area contributed by atoms with Gasteiger partial charge in [0.05, 0.1) is 23.1 Å². The molecule has 0 unspecified atom stereocenters. The Morgan fingerprint density at radius 1 is 1.55 bits per heavy atom. The Morgan fingerprint density at radius 3 is 2.95 bits per heavy atom. The molecule has 0 saturated carbocycles. The summed E-state index contributed by atoms with van der Waals surface area (Å²) in [5.74, 6) is -0.111. The van der Waals surface area contributed by atoms with Gasteiger partial charge in [-0.25, -0.2) is 0 Å². The maximum absolute atomic E-state index is 12.4. The van der Waals surface area contributed by atoms with Gasteiger partial charge in [0, 0.05) is 18.0 Å². The van der Waals surface area contributed by atoms with Crippen molar-refractivity contribution in [3.8, 4) is 0 Å². The van der Waals surface area contributed by atoms with Crippen LogP contribution in [0.3, 0.4) is 0 Å². The zero-order valence-electron chi connectivity index (χ0n) is 11.1. The third-order valence-corrected chi connectivity index (χ3v) is 4.37. The van der Waals surface area contributed by atoms with Crippen molar-refractivity contribution in [1.29, 1.82) is 0 Å². The van der Waals surface area contributed by atoms with Crippen molar-refractivity contribution in [3.63, 3.8) is 0 Å². The number of nitrogens with two attached hydrogens (primary N) is 1. The fourth-order valence-electron chi connectivity index (χ4n) is 1.75. The van der Waals surface area contributed by atoms with Gasteiger partial charge in [-0.2, -0.15) is 0 Å². The zero-order valence-corrected chi connectivity index (χ0v) is 13.5. The second kappa shape index (κ2) is 6.96. The first-order valence-corrected chi connectivity index (χ1v) is 7.88. The van der Waals surface area contributed by atoms with E-state index in [0.29, 0.717) is 31.9 Å². The Bertz CT molecular complexity index is 582. The normalized spacial score (nSPS) is 10.8. The van der Waals surface area contributed by atoms with Crippen LogP contribution < -0.4 is 5.73 Å². The number of carbonyl (C=O) groups is 1. The summed E-state index contributed by atoms with van der Waals surface area (Å²) in [6, 6.07) is 3.99. The molecule has 0 aromatic carbocycles. The zero-order chi connectivity index (χ0) is 14.5. The van der Waals surface area contributed by atoms with Crippen molar-refractivity contribution in [2.45, 2.75) is 20.0 Å².